The summed E-state index contributed by atoms with van der Waals surface area (Å²) in [4.78, 5) is 12.3. The highest BCUT2D eigenvalue weighted by Crippen LogP contribution is 2.20. The lowest BCUT2D eigenvalue weighted by atomic mass is 10.1. The van der Waals surface area contributed by atoms with E-state index in [0.717, 1.165) is 11.1 Å². The Balaban J connectivity index is 1.98. The molecule has 0 aliphatic carbocycles. The fourth-order valence-corrected chi connectivity index (χ4v) is 3.67. The van der Waals surface area contributed by atoms with Crippen LogP contribution in [-0.2, 0) is 14.6 Å². The third-order valence-electron chi connectivity index (χ3n) is 3.82. The Morgan fingerprint density at radius 1 is 1.08 bits per heavy atom. The van der Waals surface area contributed by atoms with Gasteiger partial charge in [0.15, 0.2) is 9.84 Å². The Morgan fingerprint density at radius 2 is 1.73 bits per heavy atom. The lowest BCUT2D eigenvalue weighted by Gasteiger charge is -2.11. The third kappa shape index (κ3) is 5.59. The highest BCUT2D eigenvalue weighted by molar-refractivity contribution is 7.91. The standard InChI is InChI=1S/C20H25NO4S/c1-14(2)25-17-7-9-18(10-8-17)26(23,24)12-11-20(22)21-19-13-15(3)5-6-16(19)4/h5-10,13-14H,11-12H2,1-4H3,(H,21,22). The molecule has 0 radical (unpaired) electrons. The van der Waals surface area contributed by atoms with Crippen LogP contribution in [0.5, 0.6) is 5.75 Å². The van der Waals surface area contributed by atoms with Crippen molar-refractivity contribution >= 4 is 21.4 Å². The minimum atomic E-state index is -3.53. The largest absolute Gasteiger partial charge is 0.491 e. The number of anilines is 1. The zero-order valence-electron chi connectivity index (χ0n) is 15.6. The van der Waals surface area contributed by atoms with Gasteiger partial charge < -0.3 is 10.1 Å². The van der Waals surface area contributed by atoms with E-state index in [1.807, 2.05) is 45.9 Å². The molecule has 0 aliphatic rings. The van der Waals surface area contributed by atoms with Crippen molar-refractivity contribution in [3.8, 4) is 5.75 Å². The molecule has 0 saturated heterocycles. The second-order valence-corrected chi connectivity index (χ2v) is 8.68. The summed E-state index contributed by atoms with van der Waals surface area (Å²) in [6.45, 7) is 7.64. The minimum absolute atomic E-state index is 0.0197. The van der Waals surface area contributed by atoms with Gasteiger partial charge in [0.2, 0.25) is 5.91 Å². The first-order valence-corrected chi connectivity index (χ1v) is 10.2. The van der Waals surface area contributed by atoms with Crippen LogP contribution in [0.1, 0.15) is 31.4 Å². The summed E-state index contributed by atoms with van der Waals surface area (Å²) >= 11 is 0. The fraction of sp³-hybridized carbons (Fsp3) is 0.350. The van der Waals surface area contributed by atoms with E-state index in [9.17, 15) is 13.2 Å². The quantitative estimate of drug-likeness (QED) is 0.797. The van der Waals surface area contributed by atoms with Gasteiger partial charge in [0.25, 0.3) is 0 Å². The number of carbonyl (C=O) groups is 1. The predicted molar refractivity (Wildman–Crippen MR) is 103 cm³/mol. The van der Waals surface area contributed by atoms with Crippen LogP contribution in [-0.4, -0.2) is 26.2 Å². The van der Waals surface area contributed by atoms with Gasteiger partial charge in [-0.25, -0.2) is 8.42 Å². The van der Waals surface area contributed by atoms with E-state index < -0.39 is 9.84 Å². The number of carbonyl (C=O) groups excluding carboxylic acids is 1. The molecule has 5 nitrogen and oxygen atoms in total. The molecule has 2 aromatic rings. The van der Waals surface area contributed by atoms with E-state index in [1.54, 1.807) is 12.1 Å². The number of nitrogens with one attached hydrogen (secondary N) is 1. The third-order valence-corrected chi connectivity index (χ3v) is 5.55. The molecular weight excluding hydrogens is 350 g/mol. The lowest BCUT2D eigenvalue weighted by molar-refractivity contribution is -0.115. The molecule has 0 atom stereocenters. The molecule has 2 aromatic carbocycles. The fourth-order valence-electron chi connectivity index (χ4n) is 2.43. The van der Waals surface area contributed by atoms with Gasteiger partial charge in [-0.15, -0.1) is 0 Å². The molecular formula is C20H25NO4S. The van der Waals surface area contributed by atoms with Gasteiger partial charge in [0.1, 0.15) is 5.75 Å². The zero-order valence-corrected chi connectivity index (χ0v) is 16.4. The first kappa shape index (κ1) is 20.0. The van der Waals surface area contributed by atoms with Gasteiger partial charge >= 0.3 is 0 Å². The summed E-state index contributed by atoms with van der Waals surface area (Å²) in [5, 5.41) is 2.78. The highest BCUT2D eigenvalue weighted by atomic mass is 32.2. The van der Waals surface area contributed by atoms with E-state index in [4.69, 9.17) is 4.74 Å². The van der Waals surface area contributed by atoms with Crippen molar-refractivity contribution < 1.29 is 17.9 Å². The highest BCUT2D eigenvalue weighted by Gasteiger charge is 2.17. The van der Waals surface area contributed by atoms with Gasteiger partial charge in [-0.1, -0.05) is 12.1 Å². The average Bonchev–Trinajstić information content (AvgIpc) is 2.56. The predicted octanol–water partition coefficient (Wildman–Crippen LogP) is 3.89. The van der Waals surface area contributed by atoms with Crippen molar-refractivity contribution in [2.24, 2.45) is 0 Å². The van der Waals surface area contributed by atoms with Crippen LogP contribution in [0.25, 0.3) is 0 Å². The molecule has 2 rings (SSSR count). The van der Waals surface area contributed by atoms with Gasteiger partial charge in [-0.3, -0.25) is 4.79 Å². The van der Waals surface area contributed by atoms with E-state index in [-0.39, 0.29) is 29.1 Å². The Morgan fingerprint density at radius 3 is 2.35 bits per heavy atom. The summed E-state index contributed by atoms with van der Waals surface area (Å²) in [5.41, 5.74) is 2.68. The van der Waals surface area contributed by atoms with Crippen molar-refractivity contribution in [3.63, 3.8) is 0 Å². The molecule has 140 valence electrons. The van der Waals surface area contributed by atoms with Gasteiger partial charge in [0, 0.05) is 12.1 Å². The number of ether oxygens (including phenoxy) is 1. The number of hydrogen-bond donors (Lipinski definition) is 1. The number of hydrogen-bond acceptors (Lipinski definition) is 4. The molecule has 1 N–H and O–H groups in total. The van der Waals surface area contributed by atoms with Gasteiger partial charge in [-0.05, 0) is 69.2 Å². The maximum Gasteiger partial charge on any atom is 0.225 e. The van der Waals surface area contributed by atoms with Crippen LogP contribution in [0.2, 0.25) is 0 Å². The second-order valence-electron chi connectivity index (χ2n) is 6.57. The Kier molecular flexibility index (Phi) is 6.42. The summed E-state index contributed by atoms with van der Waals surface area (Å²) in [6, 6.07) is 12.0. The SMILES string of the molecule is Cc1ccc(C)c(NC(=O)CCS(=O)(=O)c2ccc(OC(C)C)cc2)c1. The van der Waals surface area contributed by atoms with Crippen molar-refractivity contribution in [1.82, 2.24) is 0 Å². The molecule has 26 heavy (non-hydrogen) atoms. The maximum atomic E-state index is 12.4. The van der Waals surface area contributed by atoms with Crippen molar-refractivity contribution in [1.29, 1.82) is 0 Å². The van der Waals surface area contributed by atoms with Crippen LogP contribution < -0.4 is 10.1 Å². The molecule has 0 unspecified atom stereocenters. The molecule has 0 aliphatic heterocycles. The van der Waals surface area contributed by atoms with Crippen LogP contribution in [0, 0.1) is 13.8 Å². The summed E-state index contributed by atoms with van der Waals surface area (Å²) in [6.07, 6.45) is -0.0776. The molecule has 1 amide bonds. The van der Waals surface area contributed by atoms with E-state index in [1.165, 1.54) is 12.1 Å². The van der Waals surface area contributed by atoms with Crippen molar-refractivity contribution in [2.75, 3.05) is 11.1 Å². The minimum Gasteiger partial charge on any atom is -0.491 e. The van der Waals surface area contributed by atoms with Gasteiger partial charge in [0.05, 0.1) is 16.8 Å². The summed E-state index contributed by atoms with van der Waals surface area (Å²) in [7, 11) is -3.53. The molecule has 6 heteroatoms. The van der Waals surface area contributed by atoms with E-state index in [2.05, 4.69) is 5.32 Å². The number of aryl methyl sites for hydroxylation is 2. The smallest absolute Gasteiger partial charge is 0.225 e. The molecule has 0 fully saturated rings. The molecule has 0 aromatic heterocycles. The Labute approximate surface area is 155 Å². The maximum absolute atomic E-state index is 12.4. The first-order valence-electron chi connectivity index (χ1n) is 8.54. The van der Waals surface area contributed by atoms with Crippen LogP contribution >= 0.6 is 0 Å². The summed E-state index contributed by atoms with van der Waals surface area (Å²) in [5.74, 6) is 0.0577. The Bertz CT molecular complexity index is 871. The zero-order chi connectivity index (χ0) is 19.3. The molecule has 0 heterocycles. The monoisotopic (exact) mass is 375 g/mol. The van der Waals surface area contributed by atoms with Crippen LogP contribution in [0.3, 0.4) is 0 Å². The number of benzene rings is 2. The molecule has 0 spiro atoms. The number of amides is 1. The topological polar surface area (TPSA) is 72.5 Å². The Hall–Kier alpha value is -2.34. The first-order chi connectivity index (χ1) is 12.2. The summed E-state index contributed by atoms with van der Waals surface area (Å²) < 4.78 is 30.4. The molecule has 0 bridgehead atoms. The van der Waals surface area contributed by atoms with Gasteiger partial charge in [-0.2, -0.15) is 0 Å². The number of sulfone groups is 1. The van der Waals surface area contributed by atoms with Crippen LogP contribution in [0.4, 0.5) is 5.69 Å². The number of rotatable bonds is 7. The lowest BCUT2D eigenvalue weighted by Crippen LogP contribution is -2.18. The van der Waals surface area contributed by atoms with E-state index in [0.29, 0.717) is 11.4 Å². The normalized spacial score (nSPS) is 11.4. The average molecular weight is 375 g/mol. The van der Waals surface area contributed by atoms with Crippen molar-refractivity contribution in [3.05, 3.63) is 53.6 Å². The van der Waals surface area contributed by atoms with Crippen LogP contribution in [0.15, 0.2) is 47.4 Å². The van der Waals surface area contributed by atoms with Crippen molar-refractivity contribution in [2.45, 2.75) is 45.1 Å². The van der Waals surface area contributed by atoms with E-state index >= 15 is 0 Å². The molecule has 0 saturated carbocycles. The second kappa shape index (κ2) is 8.36.